The Bertz CT molecular complexity index is 2740. The van der Waals surface area contributed by atoms with Gasteiger partial charge in [-0.1, -0.05) is 119 Å². The number of nitrogens with two attached hydrogens (primary N) is 1. The summed E-state index contributed by atoms with van der Waals surface area (Å²) >= 11 is 24.5. The third kappa shape index (κ3) is 10.5. The van der Waals surface area contributed by atoms with Crippen LogP contribution in [-0.2, 0) is 24.1 Å². The van der Waals surface area contributed by atoms with Gasteiger partial charge in [0.2, 0.25) is 5.91 Å². The van der Waals surface area contributed by atoms with Gasteiger partial charge < -0.3 is 16.4 Å². The molecule has 0 aliphatic heterocycles. The van der Waals surface area contributed by atoms with E-state index in [2.05, 4.69) is 36.8 Å². The quantitative estimate of drug-likeness (QED) is 0.0972. The lowest BCUT2D eigenvalue weighted by atomic mass is 10.0. The molecule has 0 saturated heterocycles. The van der Waals surface area contributed by atoms with Crippen molar-refractivity contribution in [1.82, 2.24) is 20.4 Å². The second-order valence-electron chi connectivity index (χ2n) is 13.1. The number of nitrogens with zero attached hydrogens (tertiary/aromatic N) is 2. The maximum Gasteiger partial charge on any atom is 0.416 e. The number of hydrogen-bond donors (Lipinski definition) is 5. The summed E-state index contributed by atoms with van der Waals surface area (Å²) in [6.07, 6.45) is -4.38. The van der Waals surface area contributed by atoms with Crippen LogP contribution in [0.25, 0.3) is 44.1 Å². The number of fused-ring (bicyclic) bond motifs is 2. The fourth-order valence-corrected chi connectivity index (χ4v) is 7.10. The van der Waals surface area contributed by atoms with Crippen LogP contribution in [0, 0.1) is 11.6 Å². The Morgan fingerprint density at radius 3 is 1.43 bits per heavy atom. The molecule has 0 radical (unpaired) electrons. The maximum absolute atomic E-state index is 14.8. The van der Waals surface area contributed by atoms with E-state index in [0.717, 1.165) is 28.8 Å². The number of aromatic nitrogens is 4. The summed E-state index contributed by atoms with van der Waals surface area (Å²) in [5, 5.41) is 22.1. The van der Waals surface area contributed by atoms with Gasteiger partial charge >= 0.3 is 6.18 Å². The Hall–Kier alpha value is -5.86. The van der Waals surface area contributed by atoms with Crippen LogP contribution >= 0.6 is 46.4 Å². The molecule has 60 heavy (non-hydrogen) atoms. The SMILES string of the molecule is CC(N)=O.Fc1c(Cl)c(-c2ccccc2)cc2c(NCc3cc(Cl)cc(Cl)c3)n[nH]c12.Fc1c(Cl)c(-c2ccccc2)cc2c(NCc3ccc(C(F)(F)F)cc3)n[nH]c12. The van der Waals surface area contributed by atoms with E-state index in [4.69, 9.17) is 46.4 Å². The molecule has 8 rings (SSSR count). The highest BCUT2D eigenvalue weighted by atomic mass is 35.5. The normalized spacial score (nSPS) is 11.1. The van der Waals surface area contributed by atoms with Crippen molar-refractivity contribution < 1.29 is 26.7 Å². The number of rotatable bonds is 8. The fourth-order valence-electron chi connectivity index (χ4n) is 6.01. The topological polar surface area (TPSA) is 125 Å². The Kier molecular flexibility index (Phi) is 13.9. The van der Waals surface area contributed by atoms with Gasteiger partial charge in [0.1, 0.15) is 11.0 Å². The molecule has 8 nitrogen and oxygen atoms in total. The van der Waals surface area contributed by atoms with Crippen LogP contribution in [0.2, 0.25) is 20.1 Å². The number of nitrogens with one attached hydrogen (secondary N) is 4. The number of hydrogen-bond acceptors (Lipinski definition) is 5. The van der Waals surface area contributed by atoms with Crippen molar-refractivity contribution in [2.45, 2.75) is 26.2 Å². The van der Waals surface area contributed by atoms with Gasteiger partial charge in [-0.3, -0.25) is 15.0 Å². The van der Waals surface area contributed by atoms with Gasteiger partial charge in [-0.05, 0) is 64.7 Å². The van der Waals surface area contributed by atoms with Crippen molar-refractivity contribution in [3.8, 4) is 22.3 Å². The van der Waals surface area contributed by atoms with Crippen LogP contribution in [0.1, 0.15) is 23.6 Å². The van der Waals surface area contributed by atoms with Crippen molar-refractivity contribution in [2.75, 3.05) is 10.6 Å². The predicted octanol–water partition coefficient (Wildman–Crippen LogP) is 13.1. The number of carbonyl (C=O) groups excluding carboxylic acids is 1. The first-order chi connectivity index (χ1) is 28.6. The lowest BCUT2D eigenvalue weighted by Gasteiger charge is -2.09. The zero-order valence-corrected chi connectivity index (χ0v) is 34.2. The lowest BCUT2D eigenvalue weighted by molar-refractivity contribution is -0.137. The minimum atomic E-state index is -4.38. The number of benzene rings is 6. The van der Waals surface area contributed by atoms with Gasteiger partial charge in [-0.15, -0.1) is 0 Å². The molecule has 0 atom stereocenters. The number of alkyl halides is 3. The number of aromatic amines is 2. The zero-order chi connectivity index (χ0) is 43.1. The highest BCUT2D eigenvalue weighted by Gasteiger charge is 2.30. The fraction of sp³-hybridized carbons (Fsp3) is 0.0930. The third-order valence-electron chi connectivity index (χ3n) is 8.78. The summed E-state index contributed by atoms with van der Waals surface area (Å²) in [5.41, 5.74) is 8.42. The van der Waals surface area contributed by atoms with Crippen LogP contribution in [0.3, 0.4) is 0 Å². The first kappa shape index (κ1) is 43.7. The predicted molar refractivity (Wildman–Crippen MR) is 230 cm³/mol. The van der Waals surface area contributed by atoms with Crippen molar-refractivity contribution >= 4 is 85.8 Å². The summed E-state index contributed by atoms with van der Waals surface area (Å²) in [5.74, 6) is -0.570. The van der Waals surface area contributed by atoms with Gasteiger partial charge in [-0.2, -0.15) is 23.4 Å². The third-order valence-corrected chi connectivity index (χ3v) is 9.95. The van der Waals surface area contributed by atoms with Crippen LogP contribution < -0.4 is 16.4 Å². The van der Waals surface area contributed by atoms with E-state index in [1.807, 2.05) is 78.9 Å². The molecule has 17 heteroatoms. The van der Waals surface area contributed by atoms with Gasteiger partial charge in [0, 0.05) is 52.0 Å². The minimum Gasteiger partial charge on any atom is -0.370 e. The molecule has 0 fully saturated rings. The largest absolute Gasteiger partial charge is 0.416 e. The number of H-pyrrole nitrogens is 2. The van der Waals surface area contributed by atoms with E-state index in [9.17, 15) is 26.7 Å². The number of primary amides is 1. The Morgan fingerprint density at radius 2 is 1.03 bits per heavy atom. The molecule has 2 aromatic heterocycles. The number of carbonyl (C=O) groups is 1. The molecule has 0 spiro atoms. The number of anilines is 2. The molecule has 0 bridgehead atoms. The second kappa shape index (κ2) is 19.0. The highest BCUT2D eigenvalue weighted by molar-refractivity contribution is 6.35. The van der Waals surface area contributed by atoms with E-state index >= 15 is 0 Å². The van der Waals surface area contributed by atoms with E-state index in [0.29, 0.717) is 55.7 Å². The number of amides is 1. The van der Waals surface area contributed by atoms with E-state index in [-0.39, 0.29) is 33.5 Å². The Morgan fingerprint density at radius 1 is 0.633 bits per heavy atom. The lowest BCUT2D eigenvalue weighted by Crippen LogP contribution is -2.05. The minimum absolute atomic E-state index is 0.0124. The second-order valence-corrected chi connectivity index (χ2v) is 14.7. The molecular weight excluding hydrogens is 867 g/mol. The van der Waals surface area contributed by atoms with Crippen LogP contribution in [0.15, 0.2) is 115 Å². The van der Waals surface area contributed by atoms with Crippen molar-refractivity contribution in [3.63, 3.8) is 0 Å². The van der Waals surface area contributed by atoms with Crippen LogP contribution in [0.4, 0.5) is 33.6 Å². The molecule has 0 aliphatic rings. The first-order valence-electron chi connectivity index (χ1n) is 17.8. The monoisotopic (exact) mass is 897 g/mol. The highest BCUT2D eigenvalue weighted by Crippen LogP contribution is 2.39. The summed E-state index contributed by atoms with van der Waals surface area (Å²) < 4.78 is 67.5. The Balaban J connectivity index is 0.000000185. The number of halogens is 9. The molecule has 6 N–H and O–H groups in total. The Labute approximate surface area is 359 Å². The maximum atomic E-state index is 14.8. The molecule has 0 aliphatic carbocycles. The standard InChI is InChI=1S/C21H14ClF4N3.C20H13Cl3FN3.C2H5NO/c22-17-15(13-4-2-1-3-5-13)10-16-19(18(17)23)28-29-20(16)27-11-12-6-8-14(9-7-12)21(24,25)26;21-13-6-11(7-14(22)8-13)10-25-20-16-9-15(12-4-2-1-3-5-12)17(23)18(24)19(16)26-27-20;1-2(3)4/h1-10H,11H2,(H2,27,28,29);1-9H,10H2,(H2,25,26,27);1H3,(H2,3,4). The molecule has 0 unspecified atom stereocenters. The van der Waals surface area contributed by atoms with Crippen LogP contribution in [-0.4, -0.2) is 26.3 Å². The molecule has 1 amide bonds. The van der Waals surface area contributed by atoms with Gasteiger partial charge in [-0.25, -0.2) is 8.78 Å². The van der Waals surface area contributed by atoms with Crippen LogP contribution in [0.5, 0.6) is 0 Å². The van der Waals surface area contributed by atoms with Crippen molar-refractivity contribution in [3.05, 3.63) is 164 Å². The molecule has 0 saturated carbocycles. The average molecular weight is 900 g/mol. The summed E-state index contributed by atoms with van der Waals surface area (Å²) in [7, 11) is 0. The zero-order valence-electron chi connectivity index (χ0n) is 31.2. The van der Waals surface area contributed by atoms with E-state index in [1.165, 1.54) is 19.1 Å². The van der Waals surface area contributed by atoms with Gasteiger partial charge in [0.25, 0.3) is 0 Å². The molecule has 6 aromatic carbocycles. The van der Waals surface area contributed by atoms with E-state index < -0.39 is 23.4 Å². The molecular formula is C43H32Cl4F5N7O. The molecule has 2 heterocycles. The van der Waals surface area contributed by atoms with Crippen molar-refractivity contribution in [1.29, 1.82) is 0 Å². The van der Waals surface area contributed by atoms with E-state index in [1.54, 1.807) is 12.1 Å². The van der Waals surface area contributed by atoms with Gasteiger partial charge in [0.05, 0.1) is 15.6 Å². The van der Waals surface area contributed by atoms with Crippen molar-refractivity contribution in [2.24, 2.45) is 5.73 Å². The summed E-state index contributed by atoms with van der Waals surface area (Å²) in [6.45, 7) is 1.97. The molecule has 8 aromatic rings. The summed E-state index contributed by atoms with van der Waals surface area (Å²) in [6, 6.07) is 32.2. The first-order valence-corrected chi connectivity index (χ1v) is 19.3. The average Bonchev–Trinajstić information content (AvgIpc) is 3.83. The summed E-state index contributed by atoms with van der Waals surface area (Å²) in [4.78, 5) is 9.22. The smallest absolute Gasteiger partial charge is 0.370 e. The van der Waals surface area contributed by atoms with Gasteiger partial charge in [0.15, 0.2) is 23.3 Å². The molecule has 308 valence electrons.